The van der Waals surface area contributed by atoms with Gasteiger partial charge < -0.3 is 10.6 Å². The van der Waals surface area contributed by atoms with Crippen molar-refractivity contribution in [1.29, 1.82) is 0 Å². The number of nitrogens with two attached hydrogens (primary N) is 1. The average molecular weight is 251 g/mol. The highest BCUT2D eigenvalue weighted by Crippen LogP contribution is 2.25. The molecule has 1 aromatic carbocycles. The van der Waals surface area contributed by atoms with Crippen LogP contribution in [-0.4, -0.2) is 31.0 Å². The molecule has 1 heterocycles. The monoisotopic (exact) mass is 251 g/mol. The Morgan fingerprint density at radius 3 is 2.72 bits per heavy atom. The van der Waals surface area contributed by atoms with Crippen LogP contribution in [-0.2, 0) is 0 Å². The van der Waals surface area contributed by atoms with Gasteiger partial charge in [-0.3, -0.25) is 4.98 Å². The number of nitrogens with zero attached hydrogens (tertiary/aromatic N) is 2. The van der Waals surface area contributed by atoms with Gasteiger partial charge in [-0.05, 0) is 12.1 Å². The highest BCUT2D eigenvalue weighted by atomic mass is 19.3. The summed E-state index contributed by atoms with van der Waals surface area (Å²) in [7, 11) is 0. The van der Waals surface area contributed by atoms with Crippen LogP contribution in [0.1, 0.15) is 0 Å². The normalized spacial score (nSPS) is 11.1. The van der Waals surface area contributed by atoms with Gasteiger partial charge in [0.05, 0.1) is 12.1 Å². The lowest BCUT2D eigenvalue weighted by Gasteiger charge is -2.25. The van der Waals surface area contributed by atoms with E-state index in [9.17, 15) is 8.78 Å². The lowest BCUT2D eigenvalue weighted by molar-refractivity contribution is 0.155. The Morgan fingerprint density at radius 1 is 1.22 bits per heavy atom. The average Bonchev–Trinajstić information content (AvgIpc) is 2.37. The van der Waals surface area contributed by atoms with Gasteiger partial charge >= 0.3 is 0 Å². The number of rotatable bonds is 5. The van der Waals surface area contributed by atoms with Crippen LogP contribution in [0.25, 0.3) is 10.9 Å². The van der Waals surface area contributed by atoms with E-state index < -0.39 is 6.43 Å². The maximum Gasteiger partial charge on any atom is 0.255 e. The summed E-state index contributed by atoms with van der Waals surface area (Å²) in [6, 6.07) is 9.24. The molecule has 0 amide bonds. The molecular weight excluding hydrogens is 236 g/mol. The van der Waals surface area contributed by atoms with E-state index in [0.29, 0.717) is 13.1 Å². The predicted octanol–water partition coefficient (Wildman–Crippen LogP) is 2.27. The molecule has 2 N–H and O–H groups in total. The lowest BCUT2D eigenvalue weighted by atomic mass is 10.1. The summed E-state index contributed by atoms with van der Waals surface area (Å²) in [4.78, 5) is 5.82. The number of anilines is 1. The van der Waals surface area contributed by atoms with E-state index in [2.05, 4.69) is 4.98 Å². The van der Waals surface area contributed by atoms with Crippen molar-refractivity contribution in [2.45, 2.75) is 6.43 Å². The summed E-state index contributed by atoms with van der Waals surface area (Å²) in [5, 5.41) is 0.870. The van der Waals surface area contributed by atoms with Crippen LogP contribution in [0.5, 0.6) is 0 Å². The van der Waals surface area contributed by atoms with E-state index in [4.69, 9.17) is 5.73 Å². The van der Waals surface area contributed by atoms with E-state index >= 15 is 0 Å². The molecule has 0 aliphatic carbocycles. The highest BCUT2D eigenvalue weighted by molar-refractivity contribution is 5.91. The molecule has 0 aliphatic rings. The van der Waals surface area contributed by atoms with Gasteiger partial charge in [0.25, 0.3) is 6.43 Å². The fourth-order valence-corrected chi connectivity index (χ4v) is 1.99. The van der Waals surface area contributed by atoms with E-state index in [0.717, 1.165) is 16.6 Å². The van der Waals surface area contributed by atoms with Crippen LogP contribution >= 0.6 is 0 Å². The quantitative estimate of drug-likeness (QED) is 0.886. The summed E-state index contributed by atoms with van der Waals surface area (Å²) < 4.78 is 25.2. The lowest BCUT2D eigenvalue weighted by Crippen LogP contribution is -2.33. The standard InChI is InChI=1S/C13H15F2N3/c14-13(15)9-18(8-6-16)12-5-7-17-11-4-2-1-3-10(11)12/h1-5,7,13H,6,8-9,16H2. The first-order valence-corrected chi connectivity index (χ1v) is 5.79. The number of pyridine rings is 1. The number of benzene rings is 1. The van der Waals surface area contributed by atoms with Crippen LogP contribution in [0.3, 0.4) is 0 Å². The molecule has 0 unspecified atom stereocenters. The first-order chi connectivity index (χ1) is 8.72. The molecule has 96 valence electrons. The SMILES string of the molecule is NCCN(CC(F)F)c1ccnc2ccccc12. The Hall–Kier alpha value is -1.75. The third-order valence-corrected chi connectivity index (χ3v) is 2.72. The molecule has 2 rings (SSSR count). The molecule has 18 heavy (non-hydrogen) atoms. The fourth-order valence-electron chi connectivity index (χ4n) is 1.99. The van der Waals surface area contributed by atoms with E-state index in [-0.39, 0.29) is 6.54 Å². The first-order valence-electron chi connectivity index (χ1n) is 5.79. The van der Waals surface area contributed by atoms with E-state index in [1.54, 1.807) is 17.2 Å². The maximum absolute atomic E-state index is 12.6. The van der Waals surface area contributed by atoms with E-state index in [1.165, 1.54) is 0 Å². The van der Waals surface area contributed by atoms with Crippen LogP contribution < -0.4 is 10.6 Å². The van der Waals surface area contributed by atoms with Crippen LogP contribution in [0.15, 0.2) is 36.5 Å². The fraction of sp³-hybridized carbons (Fsp3) is 0.308. The van der Waals surface area contributed by atoms with Gasteiger partial charge in [0.2, 0.25) is 0 Å². The number of hydrogen-bond donors (Lipinski definition) is 1. The molecule has 3 nitrogen and oxygen atoms in total. The summed E-state index contributed by atoms with van der Waals surface area (Å²) >= 11 is 0. The van der Waals surface area contributed by atoms with Crippen LogP contribution in [0.4, 0.5) is 14.5 Å². The summed E-state index contributed by atoms with van der Waals surface area (Å²) in [5.41, 5.74) is 7.04. The molecule has 5 heteroatoms. The van der Waals surface area contributed by atoms with Crippen molar-refractivity contribution in [3.63, 3.8) is 0 Å². The van der Waals surface area contributed by atoms with Gasteiger partial charge in [0.1, 0.15) is 0 Å². The number of aromatic nitrogens is 1. The minimum Gasteiger partial charge on any atom is -0.364 e. The van der Waals surface area contributed by atoms with Gasteiger partial charge in [-0.25, -0.2) is 8.78 Å². The molecule has 0 spiro atoms. The van der Waals surface area contributed by atoms with Gasteiger partial charge in [-0.2, -0.15) is 0 Å². The Bertz CT molecular complexity index is 511. The number of alkyl halides is 2. The topological polar surface area (TPSA) is 42.1 Å². The first kappa shape index (κ1) is 12.7. The number of hydrogen-bond acceptors (Lipinski definition) is 3. The van der Waals surface area contributed by atoms with Crippen molar-refractivity contribution in [2.24, 2.45) is 5.73 Å². The Kier molecular flexibility index (Phi) is 4.04. The smallest absolute Gasteiger partial charge is 0.255 e. The molecule has 0 saturated carbocycles. The van der Waals surface area contributed by atoms with Gasteiger partial charge in [-0.1, -0.05) is 18.2 Å². The molecule has 0 bridgehead atoms. The van der Waals surface area contributed by atoms with Gasteiger partial charge in [-0.15, -0.1) is 0 Å². The summed E-state index contributed by atoms with van der Waals surface area (Å²) in [6.45, 7) is 0.424. The second-order valence-corrected chi connectivity index (χ2v) is 3.97. The molecule has 0 aliphatic heterocycles. The van der Waals surface area contributed by atoms with Crippen molar-refractivity contribution in [3.05, 3.63) is 36.5 Å². The van der Waals surface area contributed by atoms with Crippen molar-refractivity contribution >= 4 is 16.6 Å². The molecule has 0 atom stereocenters. The number of fused-ring (bicyclic) bond motifs is 1. The van der Waals surface area contributed by atoms with Crippen molar-refractivity contribution in [2.75, 3.05) is 24.5 Å². The van der Waals surface area contributed by atoms with Crippen molar-refractivity contribution < 1.29 is 8.78 Å². The zero-order valence-electron chi connectivity index (χ0n) is 9.89. The van der Waals surface area contributed by atoms with Crippen molar-refractivity contribution in [1.82, 2.24) is 4.98 Å². The second-order valence-electron chi connectivity index (χ2n) is 3.97. The minimum atomic E-state index is -2.39. The maximum atomic E-state index is 12.6. The Morgan fingerprint density at radius 2 is 2.00 bits per heavy atom. The molecular formula is C13H15F2N3. The Balaban J connectivity index is 2.43. The van der Waals surface area contributed by atoms with Gasteiger partial charge in [0.15, 0.2) is 0 Å². The second kappa shape index (κ2) is 5.73. The molecule has 2 aromatic rings. The zero-order chi connectivity index (χ0) is 13.0. The minimum absolute atomic E-state index is 0.314. The Labute approximate surface area is 104 Å². The van der Waals surface area contributed by atoms with Gasteiger partial charge in [0, 0.05) is 30.4 Å². The molecule has 0 saturated heterocycles. The summed E-state index contributed by atoms with van der Waals surface area (Å²) in [6.07, 6.45) is -0.754. The van der Waals surface area contributed by atoms with E-state index in [1.807, 2.05) is 24.3 Å². The third-order valence-electron chi connectivity index (χ3n) is 2.72. The molecule has 0 radical (unpaired) electrons. The van der Waals surface area contributed by atoms with Crippen LogP contribution in [0, 0.1) is 0 Å². The highest BCUT2D eigenvalue weighted by Gasteiger charge is 2.14. The summed E-state index contributed by atoms with van der Waals surface area (Å²) in [5.74, 6) is 0. The predicted molar refractivity (Wildman–Crippen MR) is 69.0 cm³/mol. The number of halogens is 2. The number of para-hydroxylation sites is 1. The van der Waals surface area contributed by atoms with Crippen molar-refractivity contribution in [3.8, 4) is 0 Å². The van der Waals surface area contributed by atoms with Crippen LogP contribution in [0.2, 0.25) is 0 Å². The third kappa shape index (κ3) is 2.73. The molecule has 1 aromatic heterocycles. The largest absolute Gasteiger partial charge is 0.364 e. The zero-order valence-corrected chi connectivity index (χ0v) is 9.89. The molecule has 0 fully saturated rings.